The molecule has 0 N–H and O–H groups in total. The lowest BCUT2D eigenvalue weighted by Crippen LogP contribution is -3.00. The number of hydrogen-bond acceptors (Lipinski definition) is 3. The van der Waals surface area contributed by atoms with Gasteiger partial charge in [0.2, 0.25) is 5.36 Å². The zero-order valence-corrected chi connectivity index (χ0v) is 19.1. The fourth-order valence-electron chi connectivity index (χ4n) is 2.36. The Balaban J connectivity index is 0.00000192. The van der Waals surface area contributed by atoms with Gasteiger partial charge in [0, 0.05) is 20.2 Å². The molecule has 0 fully saturated rings. The summed E-state index contributed by atoms with van der Waals surface area (Å²) in [6.45, 7) is 0. The van der Waals surface area contributed by atoms with E-state index in [-0.39, 0.29) is 12.4 Å². The predicted octanol–water partition coefficient (Wildman–Crippen LogP) is 0.712. The van der Waals surface area contributed by atoms with Crippen LogP contribution in [0.3, 0.4) is 0 Å². The molecule has 3 rings (SSSR count). The first-order valence-electron chi connectivity index (χ1n) is 6.79. The van der Waals surface area contributed by atoms with Crippen LogP contribution in [0.2, 0.25) is 0 Å². The Bertz CT molecular complexity index is 917. The Morgan fingerprint density at radius 1 is 1.17 bits per heavy atom. The minimum Gasteiger partial charge on any atom is -1.00 e. The zero-order valence-electron chi connectivity index (χ0n) is 13.2. The summed E-state index contributed by atoms with van der Waals surface area (Å²) in [6.07, 6.45) is 0. The van der Waals surface area contributed by atoms with Gasteiger partial charge in [-0.15, -0.1) is 11.3 Å². The largest absolute Gasteiger partial charge is 1.00 e. The van der Waals surface area contributed by atoms with Gasteiger partial charge >= 0.3 is 0 Å². The maximum Gasteiger partial charge on any atom is 0.214 e. The van der Waals surface area contributed by atoms with Crippen LogP contribution in [-0.4, -0.2) is 33.2 Å². The highest BCUT2D eigenvalue weighted by Crippen LogP contribution is 2.37. The Hall–Kier alpha value is -0.190. The quantitative estimate of drug-likeness (QED) is 0.243. The van der Waals surface area contributed by atoms with Gasteiger partial charge in [-0.25, -0.2) is 9.56 Å². The van der Waals surface area contributed by atoms with E-state index in [0.717, 1.165) is 11.2 Å². The Kier molecular flexibility index (Phi) is 6.13. The van der Waals surface area contributed by atoms with Crippen molar-refractivity contribution in [3.8, 4) is 10.6 Å². The molecule has 7 heteroatoms. The number of rotatable bonds is 1. The van der Waals surface area contributed by atoms with Gasteiger partial charge in [0.25, 0.3) is 0 Å². The minimum absolute atomic E-state index is 0. The van der Waals surface area contributed by atoms with Gasteiger partial charge in [-0.2, -0.15) is 0 Å². The summed E-state index contributed by atoms with van der Waals surface area (Å²) in [6, 6.07) is 8.54. The SMILES string of the molecule is CN(C)c1ccc2nc3ccc(=[N+](C)C)c([131I])c-3sc2c1[125I].[Cl-]. The monoisotopic (exact) mass is 573 g/mol. The summed E-state index contributed by atoms with van der Waals surface area (Å²) < 4.78 is 5.95. The van der Waals surface area contributed by atoms with Crippen molar-refractivity contribution in [3.63, 3.8) is 0 Å². The smallest absolute Gasteiger partial charge is 0.214 e. The van der Waals surface area contributed by atoms with Crippen molar-refractivity contribution in [1.29, 1.82) is 0 Å². The molecule has 0 radical (unpaired) electrons. The number of benzene rings is 2. The number of fused-ring (bicyclic) bond motifs is 2. The molecule has 2 aliphatic rings. The first kappa shape index (κ1) is 19.1. The van der Waals surface area contributed by atoms with E-state index in [1.807, 2.05) is 11.3 Å². The number of nitrogens with zero attached hydrogens (tertiary/aromatic N) is 3. The summed E-state index contributed by atoms with van der Waals surface area (Å²) in [7, 11) is 8.32. The highest BCUT2D eigenvalue weighted by atomic mass is 131. The third-order valence-corrected chi connectivity index (χ3v) is 7.67. The molecule has 1 aromatic carbocycles. The molecule has 1 aliphatic heterocycles. The molecule has 3 nitrogen and oxygen atoms in total. The van der Waals surface area contributed by atoms with Crippen molar-refractivity contribution < 1.29 is 12.4 Å². The first-order valence-corrected chi connectivity index (χ1v) is 9.76. The molecule has 1 aliphatic carbocycles. The average molecular weight is 574 g/mol. The number of anilines is 1. The van der Waals surface area contributed by atoms with Gasteiger partial charge in [-0.3, -0.25) is 0 Å². The van der Waals surface area contributed by atoms with Crippen LogP contribution in [0.1, 0.15) is 0 Å². The van der Waals surface area contributed by atoms with E-state index < -0.39 is 0 Å². The lowest BCUT2D eigenvalue weighted by atomic mass is 10.2. The summed E-state index contributed by atoms with van der Waals surface area (Å²) in [5.74, 6) is 0. The average Bonchev–Trinajstić information content (AvgIpc) is 2.46. The molecule has 1 aromatic rings. The summed E-state index contributed by atoms with van der Waals surface area (Å²) >= 11 is 6.71. The van der Waals surface area contributed by atoms with Gasteiger partial charge in [0.05, 0.1) is 30.0 Å². The Morgan fingerprint density at radius 2 is 1.87 bits per heavy atom. The maximum absolute atomic E-state index is 4.86. The molecule has 0 unspecified atom stereocenters. The van der Waals surface area contributed by atoms with Crippen molar-refractivity contribution >= 4 is 72.4 Å². The van der Waals surface area contributed by atoms with Crippen LogP contribution in [0.5, 0.6) is 0 Å². The second-order valence-corrected chi connectivity index (χ2v) is 8.67. The molecule has 1 heterocycles. The molecule has 0 bridgehead atoms. The van der Waals surface area contributed by atoms with Crippen molar-refractivity contribution in [2.75, 3.05) is 33.1 Å². The summed E-state index contributed by atoms with van der Waals surface area (Å²) in [4.78, 5) is 8.27. The van der Waals surface area contributed by atoms with Crippen molar-refractivity contribution in [3.05, 3.63) is 36.8 Å². The Morgan fingerprint density at radius 3 is 2.48 bits per heavy atom. The van der Waals surface area contributed by atoms with Gasteiger partial charge in [0.15, 0.2) is 0 Å². The van der Waals surface area contributed by atoms with Crippen LogP contribution in [-0.2, 0) is 0 Å². The summed E-state index contributed by atoms with van der Waals surface area (Å²) in [5.41, 5.74) is 3.38. The highest BCUT2D eigenvalue weighted by Gasteiger charge is 2.17. The van der Waals surface area contributed by atoms with Crippen LogP contribution in [0.4, 0.5) is 5.69 Å². The lowest BCUT2D eigenvalue weighted by molar-refractivity contribution is -0.00000421. The molecular weight excluding hydrogens is 558 g/mol. The van der Waals surface area contributed by atoms with Gasteiger partial charge < -0.3 is 17.3 Å². The van der Waals surface area contributed by atoms with E-state index >= 15 is 0 Å². The van der Waals surface area contributed by atoms with Crippen LogP contribution in [0, 0.1) is 7.14 Å². The van der Waals surface area contributed by atoms with Gasteiger partial charge in [-0.05, 0) is 63.4 Å². The minimum atomic E-state index is 0. The van der Waals surface area contributed by atoms with Crippen molar-refractivity contribution in [1.82, 2.24) is 9.56 Å². The fourth-order valence-corrected chi connectivity index (χ4v) is 5.93. The zero-order chi connectivity index (χ0) is 16.0. The van der Waals surface area contributed by atoms with E-state index in [1.165, 1.54) is 27.8 Å². The van der Waals surface area contributed by atoms with Crippen molar-refractivity contribution in [2.45, 2.75) is 0 Å². The molecular formula is C16H16ClI2N3S. The number of halogens is 3. The van der Waals surface area contributed by atoms with Gasteiger partial charge in [-0.1, -0.05) is 0 Å². The standard InChI is InChI=1S/C16H16I2N3S.ClH/c1-20(2)11-7-5-9-15(13(11)17)22-16-10(19-9)6-8-12(14(16)18)21(3)4;/h5-8H,1-4H3;1H/q+1;/p-1/i17-2,18+4;. The van der Waals surface area contributed by atoms with Crippen LogP contribution >= 0.6 is 56.5 Å². The van der Waals surface area contributed by atoms with Crippen LogP contribution in [0.15, 0.2) is 24.3 Å². The van der Waals surface area contributed by atoms with E-state index in [4.69, 9.17) is 4.98 Å². The normalized spacial score (nSPS) is 10.7. The van der Waals surface area contributed by atoms with E-state index in [2.05, 4.69) is 107 Å². The summed E-state index contributed by atoms with van der Waals surface area (Å²) in [5, 5.41) is 1.24. The second-order valence-electron chi connectivity index (χ2n) is 5.50. The van der Waals surface area contributed by atoms with E-state index in [9.17, 15) is 0 Å². The van der Waals surface area contributed by atoms with Gasteiger partial charge in [0.1, 0.15) is 17.7 Å². The third kappa shape index (κ3) is 3.45. The van der Waals surface area contributed by atoms with E-state index in [0.29, 0.717) is 0 Å². The topological polar surface area (TPSA) is 19.1 Å². The van der Waals surface area contributed by atoms with Crippen LogP contribution in [0.25, 0.3) is 20.8 Å². The third-order valence-electron chi connectivity index (χ3n) is 3.52. The molecule has 23 heavy (non-hydrogen) atoms. The molecule has 0 spiro atoms. The molecule has 0 aromatic heterocycles. The highest BCUT2D eigenvalue weighted by molar-refractivity contribution is 14.1. The number of aromatic nitrogens is 1. The molecule has 0 saturated heterocycles. The molecule has 0 amide bonds. The maximum atomic E-state index is 4.86. The fraction of sp³-hybridized carbons (Fsp3) is 0.250. The molecule has 122 valence electrons. The lowest BCUT2D eigenvalue weighted by Gasteiger charge is -2.16. The predicted molar refractivity (Wildman–Crippen MR) is 113 cm³/mol. The van der Waals surface area contributed by atoms with Crippen molar-refractivity contribution in [2.24, 2.45) is 0 Å². The molecule has 0 saturated carbocycles. The second kappa shape index (κ2) is 7.37. The Labute approximate surface area is 173 Å². The molecule has 0 atom stereocenters. The van der Waals surface area contributed by atoms with E-state index in [1.54, 1.807) is 0 Å². The number of hydrogen-bond donors (Lipinski definition) is 0. The van der Waals surface area contributed by atoms with Crippen LogP contribution < -0.4 is 27.2 Å². The first-order chi connectivity index (χ1) is 10.4.